The van der Waals surface area contributed by atoms with Gasteiger partial charge in [0.25, 0.3) is 0 Å². The largest absolute Gasteiger partial charge is 0.367 e. The molecule has 2 heterocycles. The number of piperazine rings is 1. The van der Waals surface area contributed by atoms with Crippen LogP contribution in [0.3, 0.4) is 0 Å². The van der Waals surface area contributed by atoms with Crippen molar-refractivity contribution in [3.8, 4) is 0 Å². The Hall–Kier alpha value is -1.97. The summed E-state index contributed by atoms with van der Waals surface area (Å²) < 4.78 is 43.6. The molecule has 0 aromatic heterocycles. The molecule has 0 atom stereocenters. The zero-order chi connectivity index (χ0) is 21.8. The average Bonchev–Trinajstić information content (AvgIpc) is 3.53. The van der Waals surface area contributed by atoms with Gasteiger partial charge >= 0.3 is 0 Å². The van der Waals surface area contributed by atoms with E-state index in [2.05, 4.69) is 15.9 Å². The number of halogens is 2. The van der Waals surface area contributed by atoms with Crippen LogP contribution in [0.2, 0.25) is 0 Å². The maximum absolute atomic E-state index is 14.1. The molecule has 1 saturated carbocycles. The van der Waals surface area contributed by atoms with E-state index in [-0.39, 0.29) is 35.6 Å². The van der Waals surface area contributed by atoms with Crippen molar-refractivity contribution in [2.75, 3.05) is 42.5 Å². The second-order valence-electron chi connectivity index (χ2n) is 8.27. The van der Waals surface area contributed by atoms with Gasteiger partial charge < -0.3 is 9.80 Å². The van der Waals surface area contributed by atoms with Crippen molar-refractivity contribution < 1.29 is 17.6 Å². The number of amides is 1. The molecule has 0 radical (unpaired) electrons. The second-order valence-corrected chi connectivity index (χ2v) is 11.1. The van der Waals surface area contributed by atoms with Crippen LogP contribution in [0.4, 0.5) is 15.8 Å². The first kappa shape index (κ1) is 20.9. The van der Waals surface area contributed by atoms with Crippen molar-refractivity contribution in [2.24, 2.45) is 5.92 Å². The Kier molecular flexibility index (Phi) is 5.30. The van der Waals surface area contributed by atoms with Gasteiger partial charge in [0.2, 0.25) is 15.9 Å². The molecule has 0 N–H and O–H groups in total. The Labute approximate surface area is 189 Å². The van der Waals surface area contributed by atoms with Gasteiger partial charge in [-0.25, -0.2) is 12.8 Å². The number of carbonyl (C=O) groups is 1. The first-order valence-corrected chi connectivity index (χ1v) is 12.7. The van der Waals surface area contributed by atoms with Crippen LogP contribution in [-0.2, 0) is 21.2 Å². The van der Waals surface area contributed by atoms with E-state index in [0.29, 0.717) is 41.9 Å². The van der Waals surface area contributed by atoms with Crippen molar-refractivity contribution in [1.29, 1.82) is 0 Å². The van der Waals surface area contributed by atoms with Gasteiger partial charge in [-0.2, -0.15) is 4.31 Å². The van der Waals surface area contributed by atoms with E-state index in [4.69, 9.17) is 0 Å². The molecule has 6 nitrogen and oxygen atoms in total. The summed E-state index contributed by atoms with van der Waals surface area (Å²) in [5, 5.41) is 0. The first-order chi connectivity index (χ1) is 14.9. The van der Waals surface area contributed by atoms with E-state index < -0.39 is 10.0 Å². The lowest BCUT2D eigenvalue weighted by Gasteiger charge is -2.36. The molecule has 9 heteroatoms. The summed E-state index contributed by atoms with van der Waals surface area (Å²) in [5.74, 6) is -0.255. The first-order valence-electron chi connectivity index (χ1n) is 10.5. The zero-order valence-electron chi connectivity index (χ0n) is 16.9. The normalized spacial score (nSPS) is 19.5. The van der Waals surface area contributed by atoms with Gasteiger partial charge in [-0.3, -0.25) is 4.79 Å². The lowest BCUT2D eigenvalue weighted by atomic mass is 10.2. The molecular weight excluding hydrogens is 485 g/mol. The fourth-order valence-electron chi connectivity index (χ4n) is 4.45. The number of nitrogens with zero attached hydrogens (tertiary/aromatic N) is 3. The van der Waals surface area contributed by atoms with Gasteiger partial charge in [0, 0.05) is 43.1 Å². The molecular formula is C22H23BrFN3O3S. The lowest BCUT2D eigenvalue weighted by Crippen LogP contribution is -2.49. The van der Waals surface area contributed by atoms with Crippen molar-refractivity contribution in [3.63, 3.8) is 0 Å². The van der Waals surface area contributed by atoms with E-state index in [1.54, 1.807) is 29.2 Å². The van der Waals surface area contributed by atoms with Gasteiger partial charge in [-0.05, 0) is 49.1 Å². The third-order valence-corrected chi connectivity index (χ3v) is 8.61. The van der Waals surface area contributed by atoms with Gasteiger partial charge in [0.1, 0.15) is 10.7 Å². The monoisotopic (exact) mass is 507 g/mol. The molecule has 2 fully saturated rings. The summed E-state index contributed by atoms with van der Waals surface area (Å²) in [5.41, 5.74) is 1.91. The predicted octanol–water partition coefficient (Wildman–Crippen LogP) is 3.40. The second kappa shape index (κ2) is 7.86. The molecule has 0 bridgehead atoms. The topological polar surface area (TPSA) is 60.9 Å². The van der Waals surface area contributed by atoms with Crippen LogP contribution in [0.15, 0.2) is 45.8 Å². The lowest BCUT2D eigenvalue weighted by molar-refractivity contribution is -0.119. The van der Waals surface area contributed by atoms with Crippen LogP contribution in [-0.4, -0.2) is 51.4 Å². The maximum Gasteiger partial charge on any atom is 0.245 e. The number of fused-ring (bicyclic) bond motifs is 1. The van der Waals surface area contributed by atoms with E-state index in [9.17, 15) is 17.6 Å². The highest BCUT2D eigenvalue weighted by Crippen LogP contribution is 2.42. The number of anilines is 2. The van der Waals surface area contributed by atoms with Gasteiger partial charge in [0.15, 0.2) is 0 Å². The number of benzene rings is 2. The summed E-state index contributed by atoms with van der Waals surface area (Å²) in [6, 6.07) is 10.1. The molecule has 2 aromatic carbocycles. The van der Waals surface area contributed by atoms with Gasteiger partial charge in [0.05, 0.1) is 11.4 Å². The summed E-state index contributed by atoms with van der Waals surface area (Å²) in [6.45, 7) is 1.84. The standard InChI is InChI=1S/C22H23BrFN3O3S/c23-17-13-16-7-8-27(22(28)15-5-6-15)21(16)20(14-17)31(29,30)26-11-9-25(10-12-26)19-4-2-1-3-18(19)24/h1-4,13-15H,5-12H2. The predicted molar refractivity (Wildman–Crippen MR) is 120 cm³/mol. The molecule has 2 aliphatic heterocycles. The minimum Gasteiger partial charge on any atom is -0.367 e. The smallest absolute Gasteiger partial charge is 0.245 e. The molecule has 3 aliphatic rings. The summed E-state index contributed by atoms with van der Waals surface area (Å²) in [6.07, 6.45) is 2.40. The molecule has 1 saturated heterocycles. The van der Waals surface area contributed by atoms with Crippen LogP contribution < -0.4 is 9.80 Å². The molecule has 0 spiro atoms. The highest BCUT2D eigenvalue weighted by atomic mass is 79.9. The van der Waals surface area contributed by atoms with E-state index in [1.165, 1.54) is 10.4 Å². The summed E-state index contributed by atoms with van der Waals surface area (Å²) in [4.78, 5) is 16.5. The quantitative estimate of drug-likeness (QED) is 0.636. The number of carbonyl (C=O) groups excluding carboxylic acids is 1. The number of sulfonamides is 1. The van der Waals surface area contributed by atoms with E-state index >= 15 is 0 Å². The third kappa shape index (κ3) is 3.76. The number of para-hydroxylation sites is 1. The fourth-order valence-corrected chi connectivity index (χ4v) is 6.79. The molecule has 5 rings (SSSR count). The van der Waals surface area contributed by atoms with Crippen molar-refractivity contribution >= 4 is 43.2 Å². The Bertz CT molecular complexity index is 1140. The van der Waals surface area contributed by atoms with E-state index in [0.717, 1.165) is 18.4 Å². The highest BCUT2D eigenvalue weighted by molar-refractivity contribution is 9.10. The van der Waals surface area contributed by atoms with Crippen LogP contribution in [0.25, 0.3) is 0 Å². The summed E-state index contributed by atoms with van der Waals surface area (Å²) in [7, 11) is -3.81. The minimum absolute atomic E-state index is 0.0227. The van der Waals surface area contributed by atoms with Crippen LogP contribution in [0.1, 0.15) is 18.4 Å². The molecule has 31 heavy (non-hydrogen) atoms. The molecule has 0 unspecified atom stereocenters. The van der Waals surface area contributed by atoms with Gasteiger partial charge in [-0.1, -0.05) is 28.1 Å². The van der Waals surface area contributed by atoms with Crippen LogP contribution >= 0.6 is 15.9 Å². The van der Waals surface area contributed by atoms with Crippen LogP contribution in [0, 0.1) is 11.7 Å². The minimum atomic E-state index is -3.81. The average molecular weight is 508 g/mol. The SMILES string of the molecule is O=C(C1CC1)N1CCc2cc(Br)cc(S(=O)(=O)N3CCN(c4ccccc4F)CC3)c21. The Balaban J connectivity index is 1.43. The Morgan fingerprint density at radius 1 is 1.03 bits per heavy atom. The molecule has 164 valence electrons. The van der Waals surface area contributed by atoms with Crippen LogP contribution in [0.5, 0.6) is 0 Å². The molecule has 2 aromatic rings. The molecule has 1 aliphatic carbocycles. The number of hydrogen-bond acceptors (Lipinski definition) is 4. The van der Waals surface area contributed by atoms with Crippen molar-refractivity contribution in [1.82, 2.24) is 4.31 Å². The zero-order valence-corrected chi connectivity index (χ0v) is 19.3. The van der Waals surface area contributed by atoms with Gasteiger partial charge in [-0.15, -0.1) is 0 Å². The van der Waals surface area contributed by atoms with Crippen molar-refractivity contribution in [3.05, 3.63) is 52.3 Å². The summed E-state index contributed by atoms with van der Waals surface area (Å²) >= 11 is 3.44. The Morgan fingerprint density at radius 3 is 2.42 bits per heavy atom. The Morgan fingerprint density at radius 2 is 1.74 bits per heavy atom. The maximum atomic E-state index is 14.1. The fraction of sp³-hybridized carbons (Fsp3) is 0.409. The molecule has 1 amide bonds. The highest BCUT2D eigenvalue weighted by Gasteiger charge is 2.41. The third-order valence-electron chi connectivity index (χ3n) is 6.24. The van der Waals surface area contributed by atoms with E-state index in [1.807, 2.05) is 11.0 Å². The number of rotatable bonds is 4. The number of hydrogen-bond donors (Lipinski definition) is 0. The van der Waals surface area contributed by atoms with Crippen molar-refractivity contribution in [2.45, 2.75) is 24.2 Å².